The first-order valence-corrected chi connectivity index (χ1v) is 9.49. The van der Waals surface area contributed by atoms with E-state index in [4.69, 9.17) is 0 Å². The molecule has 1 N–H and O–H groups in total. The molecule has 1 aromatic rings. The maximum atomic E-state index is 12.9. The number of rotatable bonds is 5. The van der Waals surface area contributed by atoms with Crippen molar-refractivity contribution in [1.82, 2.24) is 9.62 Å². The Morgan fingerprint density at radius 2 is 1.88 bits per heavy atom. The summed E-state index contributed by atoms with van der Waals surface area (Å²) in [6.07, 6.45) is -3.13. The lowest BCUT2D eigenvalue weighted by molar-refractivity contribution is -0.137. The number of hydrogen-bond acceptors (Lipinski definition) is 3. The topological polar surface area (TPSA) is 49.4 Å². The van der Waals surface area contributed by atoms with E-state index in [0.717, 1.165) is 25.2 Å². The van der Waals surface area contributed by atoms with Gasteiger partial charge in [0.15, 0.2) is 0 Å². The summed E-state index contributed by atoms with van der Waals surface area (Å²) in [5, 5.41) is 3.24. The molecule has 2 rings (SSSR count). The standard InChI is InChI=1S/C16H23F3N2O2S/c1-3-20-11-13-6-8-21(9-7-13)24(22,23)15-10-14(16(17,18)19)5-4-12(15)2/h4-5,10,13,20H,3,6-9,11H2,1-2H3. The second kappa shape index (κ2) is 7.41. The second-order valence-electron chi connectivity index (χ2n) is 6.13. The van der Waals surface area contributed by atoms with Crippen LogP contribution >= 0.6 is 0 Å². The Labute approximate surface area is 141 Å². The summed E-state index contributed by atoms with van der Waals surface area (Å²) >= 11 is 0. The number of nitrogens with zero attached hydrogens (tertiary/aromatic N) is 1. The van der Waals surface area contributed by atoms with Gasteiger partial charge in [-0.1, -0.05) is 13.0 Å². The van der Waals surface area contributed by atoms with E-state index in [1.807, 2.05) is 6.92 Å². The van der Waals surface area contributed by atoms with E-state index in [2.05, 4.69) is 5.32 Å². The van der Waals surface area contributed by atoms with Gasteiger partial charge in [0.2, 0.25) is 10.0 Å². The summed E-state index contributed by atoms with van der Waals surface area (Å²) in [6, 6.07) is 2.88. The van der Waals surface area contributed by atoms with E-state index in [1.54, 1.807) is 0 Å². The molecule has 1 heterocycles. The molecule has 24 heavy (non-hydrogen) atoms. The SMILES string of the molecule is CCNCC1CCN(S(=O)(=O)c2cc(C(F)(F)F)ccc2C)CC1. The Kier molecular flexibility index (Phi) is 5.93. The normalized spacial score (nSPS) is 18.0. The Morgan fingerprint density at radius 3 is 2.42 bits per heavy atom. The first-order valence-electron chi connectivity index (χ1n) is 8.05. The highest BCUT2D eigenvalue weighted by Gasteiger charge is 2.35. The van der Waals surface area contributed by atoms with Gasteiger partial charge in [0.1, 0.15) is 0 Å². The fourth-order valence-corrected chi connectivity index (χ4v) is 4.62. The van der Waals surface area contributed by atoms with Crippen LogP contribution in [-0.4, -0.2) is 38.9 Å². The molecule has 8 heteroatoms. The average molecular weight is 364 g/mol. The Morgan fingerprint density at radius 1 is 1.25 bits per heavy atom. The summed E-state index contributed by atoms with van der Waals surface area (Å²) < 4.78 is 65.5. The Hall–Kier alpha value is -1.12. The molecule has 1 aromatic carbocycles. The zero-order valence-electron chi connectivity index (χ0n) is 13.9. The van der Waals surface area contributed by atoms with Crippen molar-refractivity contribution < 1.29 is 21.6 Å². The molecule has 0 atom stereocenters. The smallest absolute Gasteiger partial charge is 0.317 e. The maximum absolute atomic E-state index is 12.9. The van der Waals surface area contributed by atoms with E-state index in [0.29, 0.717) is 37.4 Å². The molecule has 0 aromatic heterocycles. The lowest BCUT2D eigenvalue weighted by Crippen LogP contribution is -2.41. The summed E-state index contributed by atoms with van der Waals surface area (Å²) in [7, 11) is -3.91. The fraction of sp³-hybridized carbons (Fsp3) is 0.625. The Balaban J connectivity index is 2.19. The highest BCUT2D eigenvalue weighted by atomic mass is 32.2. The van der Waals surface area contributed by atoms with Crippen LogP contribution in [-0.2, 0) is 16.2 Å². The molecule has 0 spiro atoms. The van der Waals surface area contributed by atoms with E-state index >= 15 is 0 Å². The number of halogens is 3. The van der Waals surface area contributed by atoms with Gasteiger partial charge in [-0.15, -0.1) is 0 Å². The largest absolute Gasteiger partial charge is 0.416 e. The number of hydrogen-bond donors (Lipinski definition) is 1. The van der Waals surface area contributed by atoms with Gasteiger partial charge in [0, 0.05) is 13.1 Å². The molecule has 0 amide bonds. The molecule has 4 nitrogen and oxygen atoms in total. The van der Waals surface area contributed by atoms with Crippen molar-refractivity contribution in [3.05, 3.63) is 29.3 Å². The van der Waals surface area contributed by atoms with Gasteiger partial charge in [0.25, 0.3) is 0 Å². The number of sulfonamides is 1. The van der Waals surface area contributed by atoms with Crippen molar-refractivity contribution in [3.63, 3.8) is 0 Å². The van der Waals surface area contributed by atoms with Gasteiger partial charge in [0.05, 0.1) is 10.5 Å². The van der Waals surface area contributed by atoms with Crippen LogP contribution in [0.5, 0.6) is 0 Å². The second-order valence-corrected chi connectivity index (χ2v) is 8.04. The van der Waals surface area contributed by atoms with Gasteiger partial charge in [-0.25, -0.2) is 8.42 Å². The van der Waals surface area contributed by atoms with Crippen molar-refractivity contribution in [2.75, 3.05) is 26.2 Å². The Bertz CT molecular complexity index is 666. The number of aryl methyl sites for hydroxylation is 1. The predicted octanol–water partition coefficient (Wildman–Crippen LogP) is 3.02. The van der Waals surface area contributed by atoms with Crippen LogP contribution in [0.4, 0.5) is 13.2 Å². The van der Waals surface area contributed by atoms with E-state index in [9.17, 15) is 21.6 Å². The third-order valence-electron chi connectivity index (χ3n) is 4.39. The third-order valence-corrected chi connectivity index (χ3v) is 6.43. The van der Waals surface area contributed by atoms with Crippen molar-refractivity contribution in [2.45, 2.75) is 37.8 Å². The number of alkyl halides is 3. The van der Waals surface area contributed by atoms with Crippen LogP contribution in [0.15, 0.2) is 23.1 Å². The third kappa shape index (κ3) is 4.29. The summed E-state index contributed by atoms with van der Waals surface area (Å²) in [6.45, 7) is 5.91. The van der Waals surface area contributed by atoms with Crippen LogP contribution in [0.2, 0.25) is 0 Å². The van der Waals surface area contributed by atoms with Crippen molar-refractivity contribution in [1.29, 1.82) is 0 Å². The van der Waals surface area contributed by atoms with Crippen LogP contribution < -0.4 is 5.32 Å². The first-order chi connectivity index (χ1) is 11.2. The molecule has 0 aliphatic carbocycles. The van der Waals surface area contributed by atoms with Crippen LogP contribution in [0, 0.1) is 12.8 Å². The maximum Gasteiger partial charge on any atom is 0.416 e. The highest BCUT2D eigenvalue weighted by molar-refractivity contribution is 7.89. The van der Waals surface area contributed by atoms with Gasteiger partial charge < -0.3 is 5.32 Å². The van der Waals surface area contributed by atoms with E-state index in [1.165, 1.54) is 17.3 Å². The average Bonchev–Trinajstić information content (AvgIpc) is 2.52. The molecule has 0 bridgehead atoms. The quantitative estimate of drug-likeness (QED) is 0.874. The summed E-state index contributed by atoms with van der Waals surface area (Å²) in [5.74, 6) is 0.402. The molecule has 1 aliphatic rings. The van der Waals surface area contributed by atoms with Gasteiger partial charge in [-0.2, -0.15) is 17.5 Å². The zero-order valence-corrected chi connectivity index (χ0v) is 14.7. The van der Waals surface area contributed by atoms with Crippen molar-refractivity contribution >= 4 is 10.0 Å². The number of benzene rings is 1. The molecule has 0 unspecified atom stereocenters. The predicted molar refractivity (Wildman–Crippen MR) is 86.2 cm³/mol. The fourth-order valence-electron chi connectivity index (χ4n) is 2.90. The molecule has 136 valence electrons. The van der Waals surface area contributed by atoms with Crippen molar-refractivity contribution in [3.8, 4) is 0 Å². The molecule has 1 fully saturated rings. The molecule has 0 saturated carbocycles. The zero-order chi connectivity index (χ0) is 18.0. The lowest BCUT2D eigenvalue weighted by Gasteiger charge is -2.31. The van der Waals surface area contributed by atoms with Crippen LogP contribution in [0.25, 0.3) is 0 Å². The number of piperidine rings is 1. The van der Waals surface area contributed by atoms with Gasteiger partial charge in [-0.3, -0.25) is 0 Å². The highest BCUT2D eigenvalue weighted by Crippen LogP contribution is 2.33. The molecule has 1 saturated heterocycles. The van der Waals surface area contributed by atoms with E-state index < -0.39 is 21.8 Å². The van der Waals surface area contributed by atoms with E-state index in [-0.39, 0.29) is 4.90 Å². The monoisotopic (exact) mass is 364 g/mol. The van der Waals surface area contributed by atoms with Gasteiger partial charge in [-0.05, 0) is 56.5 Å². The molecule has 1 aliphatic heterocycles. The summed E-state index contributed by atoms with van der Waals surface area (Å²) in [5.41, 5.74) is -0.605. The van der Waals surface area contributed by atoms with Crippen LogP contribution in [0.1, 0.15) is 30.9 Å². The molecule has 0 radical (unpaired) electrons. The minimum absolute atomic E-state index is 0.248. The minimum atomic E-state index is -4.56. The summed E-state index contributed by atoms with van der Waals surface area (Å²) in [4.78, 5) is -0.248. The molecular formula is C16H23F3N2O2S. The first kappa shape index (κ1) is 19.2. The van der Waals surface area contributed by atoms with Gasteiger partial charge >= 0.3 is 6.18 Å². The van der Waals surface area contributed by atoms with Crippen molar-refractivity contribution in [2.24, 2.45) is 5.92 Å². The molecular weight excluding hydrogens is 341 g/mol. The number of nitrogens with one attached hydrogen (secondary N) is 1. The lowest BCUT2D eigenvalue weighted by atomic mass is 9.98. The minimum Gasteiger partial charge on any atom is -0.317 e. The van der Waals surface area contributed by atoms with Crippen LogP contribution in [0.3, 0.4) is 0 Å².